The molecular formula is C10H22N2O. The quantitative estimate of drug-likeness (QED) is 0.527. The van der Waals surface area contributed by atoms with E-state index in [2.05, 4.69) is 18.8 Å². The Labute approximate surface area is 81.4 Å². The van der Waals surface area contributed by atoms with E-state index in [1.165, 1.54) is 0 Å². The largest absolute Gasteiger partial charge is 0.385 e. The van der Waals surface area contributed by atoms with Gasteiger partial charge in [-0.1, -0.05) is 13.8 Å². The van der Waals surface area contributed by atoms with Crippen LogP contribution in [0.2, 0.25) is 0 Å². The van der Waals surface area contributed by atoms with Crippen molar-refractivity contribution in [3.8, 4) is 0 Å². The van der Waals surface area contributed by atoms with Gasteiger partial charge in [-0.25, -0.2) is 0 Å². The Morgan fingerprint density at radius 3 is 2.08 bits per heavy atom. The maximum absolute atomic E-state index is 5.91. The molecule has 0 aliphatic rings. The van der Waals surface area contributed by atoms with Crippen molar-refractivity contribution in [2.75, 3.05) is 7.11 Å². The van der Waals surface area contributed by atoms with Crippen LogP contribution < -0.4 is 5.73 Å². The number of amidine groups is 1. The highest BCUT2D eigenvalue weighted by Gasteiger charge is 2.30. The third-order valence-corrected chi connectivity index (χ3v) is 2.40. The molecule has 78 valence electrons. The van der Waals surface area contributed by atoms with Gasteiger partial charge in [-0.15, -0.1) is 0 Å². The van der Waals surface area contributed by atoms with Crippen LogP contribution in [0.15, 0.2) is 4.99 Å². The highest BCUT2D eigenvalue weighted by molar-refractivity contribution is 5.89. The number of ether oxygens (including phenoxy) is 1. The van der Waals surface area contributed by atoms with Gasteiger partial charge in [0.15, 0.2) is 0 Å². The van der Waals surface area contributed by atoms with Crippen molar-refractivity contribution in [3.63, 3.8) is 0 Å². The molecule has 0 heterocycles. The van der Waals surface area contributed by atoms with Crippen LogP contribution in [0.3, 0.4) is 0 Å². The fourth-order valence-corrected chi connectivity index (χ4v) is 1.40. The predicted octanol–water partition coefficient (Wildman–Crippen LogP) is 1.96. The molecule has 0 aliphatic carbocycles. The number of nitrogens with zero attached hydrogens (tertiary/aromatic N) is 1. The first-order chi connectivity index (χ1) is 6.02. The van der Waals surface area contributed by atoms with Crippen LogP contribution in [-0.4, -0.2) is 24.6 Å². The molecule has 0 atom stereocenters. The first kappa shape index (κ1) is 12.4. The van der Waals surface area contributed by atoms with E-state index < -0.39 is 0 Å². The van der Waals surface area contributed by atoms with Crippen molar-refractivity contribution < 1.29 is 4.74 Å². The Hall–Kier alpha value is -0.570. The van der Waals surface area contributed by atoms with Gasteiger partial charge in [0.05, 0.1) is 0 Å². The minimum Gasteiger partial charge on any atom is -0.385 e. The molecule has 0 saturated heterocycles. The summed E-state index contributed by atoms with van der Waals surface area (Å²) in [5.74, 6) is 0.620. The van der Waals surface area contributed by atoms with Crippen molar-refractivity contribution in [1.29, 1.82) is 0 Å². The minimum absolute atomic E-state index is 0.229. The van der Waals surface area contributed by atoms with E-state index in [0.29, 0.717) is 5.84 Å². The summed E-state index contributed by atoms with van der Waals surface area (Å²) in [5.41, 5.74) is 5.55. The van der Waals surface area contributed by atoms with Crippen LogP contribution in [0.1, 0.15) is 40.5 Å². The Balaban J connectivity index is 4.72. The zero-order valence-corrected chi connectivity index (χ0v) is 9.42. The molecule has 0 aliphatic heterocycles. The van der Waals surface area contributed by atoms with Gasteiger partial charge in [-0.3, -0.25) is 4.99 Å². The van der Waals surface area contributed by atoms with Crippen LogP contribution in [-0.2, 0) is 4.74 Å². The van der Waals surface area contributed by atoms with Gasteiger partial charge in [-0.05, 0) is 26.7 Å². The Bertz CT molecular complexity index is 163. The molecule has 0 aromatic heterocycles. The lowest BCUT2D eigenvalue weighted by Gasteiger charge is -2.29. The third kappa shape index (κ3) is 2.99. The van der Waals surface area contributed by atoms with Crippen molar-refractivity contribution in [1.82, 2.24) is 0 Å². The van der Waals surface area contributed by atoms with Gasteiger partial charge in [0.25, 0.3) is 0 Å². The molecule has 0 aromatic rings. The van der Waals surface area contributed by atoms with Gasteiger partial charge in [0, 0.05) is 13.2 Å². The summed E-state index contributed by atoms with van der Waals surface area (Å²) in [5, 5.41) is 0. The zero-order valence-electron chi connectivity index (χ0n) is 9.42. The molecule has 3 nitrogen and oxygen atoms in total. The van der Waals surface area contributed by atoms with Crippen LogP contribution >= 0.6 is 0 Å². The van der Waals surface area contributed by atoms with Crippen LogP contribution in [0.4, 0.5) is 0 Å². The van der Waals surface area contributed by atoms with E-state index >= 15 is 0 Å². The molecule has 0 spiro atoms. The van der Waals surface area contributed by atoms with Crippen molar-refractivity contribution >= 4 is 5.84 Å². The van der Waals surface area contributed by atoms with E-state index in [1.807, 2.05) is 13.8 Å². The fraction of sp³-hybridized carbons (Fsp3) is 0.900. The number of methoxy groups -OCH3 is 1. The maximum Gasteiger partial charge on any atom is 0.127 e. The normalized spacial score (nSPS) is 13.8. The molecule has 0 radical (unpaired) electrons. The van der Waals surface area contributed by atoms with Gasteiger partial charge in [0.2, 0.25) is 0 Å². The molecule has 2 N–H and O–H groups in total. The summed E-state index contributed by atoms with van der Waals surface area (Å²) in [7, 11) is 1.69. The summed E-state index contributed by atoms with van der Waals surface area (Å²) in [6.07, 6.45) is 1.73. The summed E-state index contributed by atoms with van der Waals surface area (Å²) in [6, 6.07) is 0.229. The first-order valence-electron chi connectivity index (χ1n) is 4.91. The highest BCUT2D eigenvalue weighted by Crippen LogP contribution is 2.19. The molecule has 3 heteroatoms. The van der Waals surface area contributed by atoms with Gasteiger partial charge in [-0.2, -0.15) is 0 Å². The highest BCUT2D eigenvalue weighted by atomic mass is 16.5. The summed E-state index contributed by atoms with van der Waals surface area (Å²) in [6.45, 7) is 8.16. The van der Waals surface area contributed by atoms with Crippen molar-refractivity contribution in [2.45, 2.75) is 52.2 Å². The minimum atomic E-state index is -0.357. The summed E-state index contributed by atoms with van der Waals surface area (Å²) in [4.78, 5) is 4.33. The molecule has 0 saturated carbocycles. The third-order valence-electron chi connectivity index (χ3n) is 2.40. The molecular weight excluding hydrogens is 164 g/mol. The predicted molar refractivity (Wildman–Crippen MR) is 57.1 cm³/mol. The molecule has 0 unspecified atom stereocenters. The second-order valence-corrected chi connectivity index (χ2v) is 3.51. The second-order valence-electron chi connectivity index (χ2n) is 3.51. The monoisotopic (exact) mass is 186 g/mol. The Morgan fingerprint density at radius 2 is 1.85 bits per heavy atom. The van der Waals surface area contributed by atoms with E-state index in [0.717, 1.165) is 12.8 Å². The van der Waals surface area contributed by atoms with Gasteiger partial charge < -0.3 is 10.5 Å². The second kappa shape index (κ2) is 5.22. The number of nitrogens with two attached hydrogens (primary N) is 1. The number of rotatable bonds is 5. The number of aliphatic imine (C=N–C) groups is 1. The van der Waals surface area contributed by atoms with E-state index in [4.69, 9.17) is 10.5 Å². The molecule has 0 rings (SSSR count). The van der Waals surface area contributed by atoms with Gasteiger partial charge >= 0.3 is 0 Å². The van der Waals surface area contributed by atoms with E-state index in [9.17, 15) is 0 Å². The summed E-state index contributed by atoms with van der Waals surface area (Å²) < 4.78 is 5.44. The average Bonchev–Trinajstić information content (AvgIpc) is 2.07. The molecule has 0 bridgehead atoms. The molecule has 0 fully saturated rings. The molecule has 0 aromatic carbocycles. The molecule has 0 amide bonds. The van der Waals surface area contributed by atoms with E-state index in [-0.39, 0.29) is 11.6 Å². The Morgan fingerprint density at radius 1 is 1.38 bits per heavy atom. The van der Waals surface area contributed by atoms with Gasteiger partial charge in [0.1, 0.15) is 11.4 Å². The van der Waals surface area contributed by atoms with Crippen LogP contribution in [0.25, 0.3) is 0 Å². The van der Waals surface area contributed by atoms with Crippen molar-refractivity contribution in [3.05, 3.63) is 0 Å². The number of hydrogen-bond donors (Lipinski definition) is 1. The topological polar surface area (TPSA) is 47.6 Å². The lowest BCUT2D eigenvalue weighted by atomic mass is 9.95. The van der Waals surface area contributed by atoms with Crippen LogP contribution in [0.5, 0.6) is 0 Å². The van der Waals surface area contributed by atoms with Crippen LogP contribution in [0, 0.1) is 0 Å². The summed E-state index contributed by atoms with van der Waals surface area (Å²) >= 11 is 0. The molecule has 13 heavy (non-hydrogen) atoms. The fourth-order valence-electron chi connectivity index (χ4n) is 1.40. The van der Waals surface area contributed by atoms with Crippen molar-refractivity contribution in [2.24, 2.45) is 10.7 Å². The standard InChI is InChI=1S/C10H22N2O/c1-6-10(7-2,13-5)9(11)12-8(3)4/h8H,6-7H2,1-5H3,(H2,11,12). The zero-order chi connectivity index (χ0) is 10.5. The average molecular weight is 186 g/mol. The lowest BCUT2D eigenvalue weighted by molar-refractivity contribution is 0.0421. The maximum atomic E-state index is 5.91. The Kier molecular flexibility index (Phi) is 4.99. The van der Waals surface area contributed by atoms with E-state index in [1.54, 1.807) is 7.11 Å². The first-order valence-corrected chi connectivity index (χ1v) is 4.91. The SMILES string of the molecule is CCC(CC)(OC)C(N)=NC(C)C. The number of hydrogen-bond acceptors (Lipinski definition) is 2. The lowest BCUT2D eigenvalue weighted by Crippen LogP contribution is -2.45. The smallest absolute Gasteiger partial charge is 0.127 e.